The second-order valence-corrected chi connectivity index (χ2v) is 11.9. The molecule has 240 valence electrons. The summed E-state index contributed by atoms with van der Waals surface area (Å²) in [4.78, 5) is 36.9. The number of hydrogen-bond acceptors (Lipinski definition) is 8. The minimum Gasteiger partial charge on any atom is -0.395 e. The third-order valence-corrected chi connectivity index (χ3v) is 8.55. The normalized spacial score (nSPS) is 16.0. The van der Waals surface area contributed by atoms with Crippen molar-refractivity contribution in [1.82, 2.24) is 20.2 Å². The number of likely N-dealkylation sites (N-methyl/N-ethyl adjacent to an activating group) is 1. The predicted octanol–water partition coefficient (Wildman–Crippen LogP) is 4.69. The summed E-state index contributed by atoms with van der Waals surface area (Å²) < 4.78 is 0. The number of aromatic nitrogens is 2. The van der Waals surface area contributed by atoms with Crippen LogP contribution >= 0.6 is 0 Å². The quantitative estimate of drug-likeness (QED) is 0.153. The molecule has 5 N–H and O–H groups in total. The van der Waals surface area contributed by atoms with Crippen LogP contribution in [0, 0.1) is 13.8 Å². The molecule has 1 saturated carbocycles. The highest BCUT2D eigenvalue weighted by molar-refractivity contribution is 6.05. The van der Waals surface area contributed by atoms with Crippen molar-refractivity contribution >= 4 is 23.2 Å². The molecule has 2 atom stereocenters. The van der Waals surface area contributed by atoms with Gasteiger partial charge in [0.1, 0.15) is 11.4 Å². The number of amides is 2. The first-order valence-corrected chi connectivity index (χ1v) is 15.7. The van der Waals surface area contributed by atoms with E-state index in [9.17, 15) is 14.7 Å². The number of nitrogens with one attached hydrogen (secondary N) is 3. The highest BCUT2D eigenvalue weighted by Crippen LogP contribution is 2.34. The molecule has 10 heteroatoms. The molecule has 0 unspecified atom stereocenters. The molecule has 0 saturated heterocycles. The Labute approximate surface area is 269 Å². The van der Waals surface area contributed by atoms with Crippen LogP contribution in [0.5, 0.6) is 0 Å². The Hall–Kier alpha value is -4.48. The van der Waals surface area contributed by atoms with E-state index in [1.807, 2.05) is 74.3 Å². The second kappa shape index (κ2) is 15.2. The molecule has 4 aromatic rings. The number of carbonyl (C=O) groups excluding carboxylic acids is 2. The molecule has 1 fully saturated rings. The smallest absolute Gasteiger partial charge is 0.274 e. The largest absolute Gasteiger partial charge is 0.395 e. The van der Waals surface area contributed by atoms with Gasteiger partial charge in [-0.2, -0.15) is 0 Å². The number of aliphatic hydroxyl groups is 2. The molecule has 46 heavy (non-hydrogen) atoms. The van der Waals surface area contributed by atoms with E-state index < -0.39 is 0 Å². The monoisotopic (exact) mass is 622 g/mol. The van der Waals surface area contributed by atoms with Crippen molar-refractivity contribution in [2.45, 2.75) is 58.3 Å². The number of nitrogens with zero attached hydrogens (tertiary/aromatic N) is 3. The molecule has 2 heterocycles. The average Bonchev–Trinajstić information content (AvgIpc) is 3.47. The molecule has 2 amide bonds. The Morgan fingerprint density at radius 2 is 1.39 bits per heavy atom. The minimum atomic E-state index is -0.307. The van der Waals surface area contributed by atoms with Crippen LogP contribution in [0.4, 0.5) is 11.4 Å². The summed E-state index contributed by atoms with van der Waals surface area (Å²) in [6, 6.07) is 18.8. The van der Waals surface area contributed by atoms with Gasteiger partial charge in [-0.3, -0.25) is 24.5 Å². The van der Waals surface area contributed by atoms with Crippen LogP contribution in [0.2, 0.25) is 0 Å². The summed E-state index contributed by atoms with van der Waals surface area (Å²) in [6.07, 6.45) is 5.88. The fourth-order valence-corrected chi connectivity index (χ4v) is 5.80. The first-order valence-electron chi connectivity index (χ1n) is 15.7. The summed E-state index contributed by atoms with van der Waals surface area (Å²) in [5, 5.41) is 28.5. The van der Waals surface area contributed by atoms with Crippen molar-refractivity contribution in [1.29, 1.82) is 0 Å². The van der Waals surface area contributed by atoms with Crippen molar-refractivity contribution < 1.29 is 19.8 Å². The SMILES string of the molecule is Cc1c(NC(=O)c2ccc(CN[C@@H]3CCC[C@H]3O)cn2)cccc1-c1cccc(NC(=O)c2ccc(CN(C)CCO)cn2)c1C. The maximum Gasteiger partial charge on any atom is 0.274 e. The van der Waals surface area contributed by atoms with Crippen LogP contribution < -0.4 is 16.0 Å². The molecule has 1 aliphatic carbocycles. The molecule has 2 aromatic carbocycles. The van der Waals surface area contributed by atoms with E-state index in [0.717, 1.165) is 52.6 Å². The van der Waals surface area contributed by atoms with Crippen LogP contribution in [0.3, 0.4) is 0 Å². The lowest BCUT2D eigenvalue weighted by Gasteiger charge is -2.17. The summed E-state index contributed by atoms with van der Waals surface area (Å²) in [7, 11) is 1.91. The van der Waals surface area contributed by atoms with Gasteiger partial charge in [0.15, 0.2) is 0 Å². The summed E-state index contributed by atoms with van der Waals surface area (Å²) >= 11 is 0. The summed E-state index contributed by atoms with van der Waals surface area (Å²) in [6.45, 7) is 5.77. The van der Waals surface area contributed by atoms with Gasteiger partial charge < -0.3 is 26.2 Å². The zero-order chi connectivity index (χ0) is 32.6. The van der Waals surface area contributed by atoms with Crippen molar-refractivity contribution in [2.24, 2.45) is 0 Å². The maximum absolute atomic E-state index is 13.1. The molecular formula is C36H42N6O4. The van der Waals surface area contributed by atoms with E-state index in [2.05, 4.69) is 25.9 Å². The van der Waals surface area contributed by atoms with Crippen molar-refractivity contribution in [3.8, 4) is 11.1 Å². The van der Waals surface area contributed by atoms with Gasteiger partial charge in [0.2, 0.25) is 0 Å². The number of pyridine rings is 2. The van der Waals surface area contributed by atoms with Gasteiger partial charge in [-0.25, -0.2) is 0 Å². The summed E-state index contributed by atoms with van der Waals surface area (Å²) in [5.41, 5.74) is 7.52. The topological polar surface area (TPSA) is 140 Å². The Balaban J connectivity index is 1.25. The van der Waals surface area contributed by atoms with Gasteiger partial charge in [0.25, 0.3) is 11.8 Å². The number of hydrogen-bond donors (Lipinski definition) is 5. The predicted molar refractivity (Wildman–Crippen MR) is 180 cm³/mol. The molecule has 0 spiro atoms. The number of rotatable bonds is 12. The fraction of sp³-hybridized carbons (Fsp3) is 0.333. The van der Waals surface area contributed by atoms with E-state index >= 15 is 0 Å². The van der Waals surface area contributed by atoms with Gasteiger partial charge in [0.05, 0.1) is 12.7 Å². The van der Waals surface area contributed by atoms with Crippen LogP contribution in [0.15, 0.2) is 73.1 Å². The Morgan fingerprint density at radius 3 is 1.87 bits per heavy atom. The average molecular weight is 623 g/mol. The molecule has 1 aliphatic rings. The Morgan fingerprint density at radius 1 is 0.826 bits per heavy atom. The highest BCUT2D eigenvalue weighted by atomic mass is 16.3. The molecule has 0 bridgehead atoms. The van der Waals surface area contributed by atoms with Gasteiger partial charge in [-0.1, -0.05) is 36.4 Å². The van der Waals surface area contributed by atoms with E-state index in [1.54, 1.807) is 24.5 Å². The molecule has 2 aromatic heterocycles. The molecule has 10 nitrogen and oxygen atoms in total. The van der Waals surface area contributed by atoms with Crippen molar-refractivity contribution in [2.75, 3.05) is 30.8 Å². The van der Waals surface area contributed by atoms with Gasteiger partial charge in [0, 0.05) is 49.4 Å². The zero-order valence-corrected chi connectivity index (χ0v) is 26.6. The third-order valence-electron chi connectivity index (χ3n) is 8.55. The number of anilines is 2. The summed E-state index contributed by atoms with van der Waals surface area (Å²) in [5.74, 6) is -0.610. The van der Waals surface area contributed by atoms with Crippen LogP contribution in [0.1, 0.15) is 62.5 Å². The van der Waals surface area contributed by atoms with E-state index in [1.165, 1.54) is 0 Å². The van der Waals surface area contributed by atoms with Gasteiger partial charge >= 0.3 is 0 Å². The zero-order valence-electron chi connectivity index (χ0n) is 26.6. The van der Waals surface area contributed by atoms with Crippen LogP contribution in [0.25, 0.3) is 11.1 Å². The van der Waals surface area contributed by atoms with Crippen molar-refractivity contribution in [3.05, 3.63) is 107 Å². The molecule has 0 aliphatic heterocycles. The van der Waals surface area contributed by atoms with E-state index in [0.29, 0.717) is 42.4 Å². The standard InChI is InChI=1S/C36H42N6O4/c1-23-27(7-4-9-29(23)40-35(45)32-15-13-25(20-38-32)19-37-31-11-6-12-34(31)44)28-8-5-10-30(24(28)2)41-36(46)33-16-14-26(21-39-33)22-42(3)17-18-43/h4-5,7-10,13-16,20-21,31,34,37,43-44H,6,11-12,17-19,22H2,1-3H3,(H,40,45)(H,41,46)/t31-,34-/m1/s1. The third kappa shape index (κ3) is 8.02. The Bertz CT molecular complexity index is 1660. The second-order valence-electron chi connectivity index (χ2n) is 11.9. The number of benzene rings is 2. The molecule has 0 radical (unpaired) electrons. The minimum absolute atomic E-state index is 0.0830. The maximum atomic E-state index is 13.1. The molecular weight excluding hydrogens is 580 g/mol. The Kier molecular flexibility index (Phi) is 10.9. The lowest BCUT2D eigenvalue weighted by molar-refractivity contribution is 0.101. The fourth-order valence-electron chi connectivity index (χ4n) is 5.80. The van der Waals surface area contributed by atoms with Gasteiger partial charge in [-0.05, 0) is 97.8 Å². The number of carbonyl (C=O) groups is 2. The van der Waals surface area contributed by atoms with Gasteiger partial charge in [-0.15, -0.1) is 0 Å². The first-order chi connectivity index (χ1) is 22.2. The van der Waals surface area contributed by atoms with E-state index in [-0.39, 0.29) is 30.6 Å². The highest BCUT2D eigenvalue weighted by Gasteiger charge is 2.24. The number of aliphatic hydroxyl groups excluding tert-OH is 2. The lowest BCUT2D eigenvalue weighted by Crippen LogP contribution is -2.35. The van der Waals surface area contributed by atoms with Crippen LogP contribution in [-0.2, 0) is 13.1 Å². The van der Waals surface area contributed by atoms with Crippen molar-refractivity contribution in [3.63, 3.8) is 0 Å². The first kappa shape index (κ1) is 32.9. The van der Waals surface area contributed by atoms with Crippen LogP contribution in [-0.4, -0.2) is 69.2 Å². The molecule has 5 rings (SSSR count). The van der Waals surface area contributed by atoms with E-state index in [4.69, 9.17) is 5.11 Å². The lowest BCUT2D eigenvalue weighted by atomic mass is 9.94.